The minimum atomic E-state index is -1.23. The van der Waals surface area contributed by atoms with E-state index in [1.165, 1.54) is 12.3 Å². The summed E-state index contributed by atoms with van der Waals surface area (Å²) < 4.78 is 5.25. The molecule has 0 atom stereocenters. The number of amides is 1. The molecule has 7 nitrogen and oxygen atoms in total. The van der Waals surface area contributed by atoms with Crippen molar-refractivity contribution in [3.63, 3.8) is 0 Å². The first kappa shape index (κ1) is 20.3. The average molecular weight is 327 g/mol. The van der Waals surface area contributed by atoms with Crippen molar-refractivity contribution in [2.75, 3.05) is 18.0 Å². The maximum atomic E-state index is 11.8. The van der Waals surface area contributed by atoms with Gasteiger partial charge in [0.2, 0.25) is 0 Å². The number of pyridine rings is 1. The first-order valence-electron chi connectivity index (χ1n) is 7.66. The molecule has 0 spiro atoms. The van der Waals surface area contributed by atoms with Gasteiger partial charge in [0.1, 0.15) is 11.4 Å². The third-order valence-electron chi connectivity index (χ3n) is 3.52. The number of carbonyl (C=O) groups is 2. The summed E-state index contributed by atoms with van der Waals surface area (Å²) in [6.45, 7) is 6.96. The number of rotatable bonds is 3. The number of aromatic nitrogens is 1. The molecule has 0 unspecified atom stereocenters. The zero-order valence-electron chi connectivity index (χ0n) is 14.7. The molecule has 1 saturated heterocycles. The monoisotopic (exact) mass is 327 g/mol. The van der Waals surface area contributed by atoms with E-state index in [2.05, 4.69) is 15.2 Å². The molecule has 1 amide bonds. The number of hydrogen-bond donors (Lipinski definition) is 1. The molecule has 126 valence electrons. The summed E-state index contributed by atoms with van der Waals surface area (Å²) in [7, 11) is 0. The zero-order chi connectivity index (χ0) is 17.0. The molecule has 24 heavy (non-hydrogen) atoms. The van der Waals surface area contributed by atoms with E-state index in [-0.39, 0.29) is 30.5 Å². The van der Waals surface area contributed by atoms with Gasteiger partial charge in [-0.05, 0) is 45.7 Å². The van der Waals surface area contributed by atoms with Crippen molar-refractivity contribution in [1.29, 1.82) is 0 Å². The number of nitrogens with one attached hydrogen (secondary N) is 1. The molecule has 0 aromatic carbocycles. The molecule has 1 aliphatic rings. The van der Waals surface area contributed by atoms with Crippen LogP contribution in [0.5, 0.6) is 0 Å². The van der Waals surface area contributed by atoms with Crippen molar-refractivity contribution in [2.24, 2.45) is 0 Å². The molecule has 1 fully saturated rings. The van der Waals surface area contributed by atoms with Gasteiger partial charge in [0.25, 0.3) is 0 Å². The van der Waals surface area contributed by atoms with Crippen molar-refractivity contribution in [3.8, 4) is 0 Å². The van der Waals surface area contributed by atoms with Crippen LogP contribution < -0.4 is 34.2 Å². The number of ether oxygens (including phenoxy) is 1. The molecule has 1 aliphatic heterocycles. The molecule has 1 aromatic heterocycles. The third-order valence-corrected chi connectivity index (χ3v) is 3.52. The summed E-state index contributed by atoms with van der Waals surface area (Å²) in [5, 5.41) is 13.6. The Balaban J connectivity index is 0.00000288. The molecule has 0 bridgehead atoms. The van der Waals surface area contributed by atoms with Gasteiger partial charge in [-0.25, -0.2) is 9.78 Å². The summed E-state index contributed by atoms with van der Waals surface area (Å²) in [6, 6.07) is 3.23. The van der Waals surface area contributed by atoms with Crippen LogP contribution >= 0.6 is 0 Å². The van der Waals surface area contributed by atoms with Gasteiger partial charge in [0.15, 0.2) is 0 Å². The second kappa shape index (κ2) is 8.40. The first-order chi connectivity index (χ1) is 10.7. The van der Waals surface area contributed by atoms with Crippen LogP contribution in [-0.2, 0) is 4.74 Å². The number of aromatic carboxylic acids is 1. The quantitative estimate of drug-likeness (QED) is 0.642. The zero-order valence-corrected chi connectivity index (χ0v) is 14.7. The summed E-state index contributed by atoms with van der Waals surface area (Å²) in [5.41, 5.74) is -0.439. The van der Waals surface area contributed by atoms with Gasteiger partial charge in [-0.2, -0.15) is 0 Å². The van der Waals surface area contributed by atoms with Crippen LogP contribution in [0.1, 0.15) is 44.0 Å². The van der Waals surface area contributed by atoms with E-state index < -0.39 is 17.7 Å². The van der Waals surface area contributed by atoms with E-state index >= 15 is 0 Å². The van der Waals surface area contributed by atoms with E-state index in [0.29, 0.717) is 0 Å². The Kier molecular flexibility index (Phi) is 7.12. The van der Waals surface area contributed by atoms with Gasteiger partial charge in [0, 0.05) is 30.9 Å². The standard InChI is InChI=1S/C16H23N3O4.Li/c1-16(2,3)23-15(22)18-12-6-8-19(9-7-12)13-5-4-11(10-17-13)14(20)21;/h4-5,10,12H,6-9H2,1-3H3,(H,18,22)(H,20,21);/q;+1/p-1. The number of anilines is 1. The molecule has 0 radical (unpaired) electrons. The fraction of sp³-hybridized carbons (Fsp3) is 0.562. The van der Waals surface area contributed by atoms with Crippen LogP contribution in [0.25, 0.3) is 0 Å². The van der Waals surface area contributed by atoms with Crippen LogP contribution in [0.15, 0.2) is 18.3 Å². The SMILES string of the molecule is CC(C)(C)OC(=O)NC1CCN(c2ccc(C(=O)[O-])cn2)CC1.[Li+]. The summed E-state index contributed by atoms with van der Waals surface area (Å²) in [6.07, 6.45) is 2.47. The molecule has 0 saturated carbocycles. The second-order valence-electron chi connectivity index (χ2n) is 6.60. The smallest absolute Gasteiger partial charge is 0.545 e. The Morgan fingerprint density at radius 3 is 2.38 bits per heavy atom. The first-order valence-corrected chi connectivity index (χ1v) is 7.66. The van der Waals surface area contributed by atoms with E-state index in [4.69, 9.17) is 4.74 Å². The number of nitrogens with zero attached hydrogens (tertiary/aromatic N) is 2. The van der Waals surface area contributed by atoms with Crippen LogP contribution in [0.3, 0.4) is 0 Å². The van der Waals surface area contributed by atoms with Gasteiger partial charge < -0.3 is 24.9 Å². The van der Waals surface area contributed by atoms with Gasteiger partial charge in [-0.1, -0.05) is 0 Å². The topological polar surface area (TPSA) is 94.6 Å². The molecule has 1 aromatic rings. The summed E-state index contributed by atoms with van der Waals surface area (Å²) >= 11 is 0. The third kappa shape index (κ3) is 6.06. The minimum absolute atomic E-state index is 0. The molecule has 0 aliphatic carbocycles. The van der Waals surface area contributed by atoms with Crippen molar-refractivity contribution >= 4 is 17.9 Å². The van der Waals surface area contributed by atoms with E-state index in [0.717, 1.165) is 31.7 Å². The molecule has 8 heteroatoms. The largest absolute Gasteiger partial charge is 1.00 e. The van der Waals surface area contributed by atoms with Crippen molar-refractivity contribution in [2.45, 2.75) is 45.3 Å². The minimum Gasteiger partial charge on any atom is -0.545 e. The molecule has 2 heterocycles. The van der Waals surface area contributed by atoms with Gasteiger partial charge in [0.05, 0.1) is 5.97 Å². The van der Waals surface area contributed by atoms with Crippen molar-refractivity contribution in [1.82, 2.24) is 10.3 Å². The number of alkyl carbamates (subject to hydrolysis) is 1. The Morgan fingerprint density at radius 1 is 1.29 bits per heavy atom. The normalized spacial score (nSPS) is 15.4. The predicted octanol–water partition coefficient (Wildman–Crippen LogP) is -2.06. The van der Waals surface area contributed by atoms with Crippen LogP contribution in [0, 0.1) is 0 Å². The Labute approximate surface area is 153 Å². The summed E-state index contributed by atoms with van der Waals surface area (Å²) in [4.78, 5) is 28.7. The van der Waals surface area contributed by atoms with Crippen molar-refractivity contribution < 1.29 is 38.3 Å². The average Bonchev–Trinajstić information content (AvgIpc) is 2.46. The maximum absolute atomic E-state index is 11.8. The van der Waals surface area contributed by atoms with E-state index in [1.807, 2.05) is 20.8 Å². The fourth-order valence-electron chi connectivity index (χ4n) is 2.42. The van der Waals surface area contributed by atoms with Crippen LogP contribution in [0.4, 0.5) is 10.6 Å². The Hall–Kier alpha value is -1.71. The molecule has 2 rings (SSSR count). The number of hydrogen-bond acceptors (Lipinski definition) is 6. The van der Waals surface area contributed by atoms with Gasteiger partial charge >= 0.3 is 25.0 Å². The van der Waals surface area contributed by atoms with E-state index in [9.17, 15) is 14.7 Å². The second-order valence-corrected chi connectivity index (χ2v) is 6.60. The Morgan fingerprint density at radius 2 is 1.92 bits per heavy atom. The molecule has 1 N–H and O–H groups in total. The number of carboxylic acid groups (broad SMARTS) is 1. The Bertz CT molecular complexity index is 564. The fourth-order valence-corrected chi connectivity index (χ4v) is 2.42. The number of carbonyl (C=O) groups excluding carboxylic acids is 2. The van der Waals surface area contributed by atoms with Gasteiger partial charge in [-0.3, -0.25) is 0 Å². The number of carboxylic acids is 1. The number of piperidine rings is 1. The van der Waals surface area contributed by atoms with Gasteiger partial charge in [-0.15, -0.1) is 0 Å². The van der Waals surface area contributed by atoms with Crippen molar-refractivity contribution in [3.05, 3.63) is 23.9 Å². The summed E-state index contributed by atoms with van der Waals surface area (Å²) in [5.74, 6) is -0.505. The van der Waals surface area contributed by atoms with Crippen LogP contribution in [-0.4, -0.2) is 41.8 Å². The molecular weight excluding hydrogens is 305 g/mol. The predicted molar refractivity (Wildman–Crippen MR) is 83.2 cm³/mol. The molecular formula is C16H22LiN3O4. The maximum Gasteiger partial charge on any atom is 1.00 e. The van der Waals surface area contributed by atoms with Crippen LogP contribution in [0.2, 0.25) is 0 Å². The van der Waals surface area contributed by atoms with E-state index in [1.54, 1.807) is 6.07 Å².